The van der Waals surface area contributed by atoms with Crippen LogP contribution in [-0.4, -0.2) is 27.8 Å². The second kappa shape index (κ2) is 4.96. The number of nitro benzene ring substituents is 1. The lowest BCUT2D eigenvalue weighted by Crippen LogP contribution is -2.28. The number of hydrogen-bond donors (Lipinski definition) is 2. The van der Waals surface area contributed by atoms with Gasteiger partial charge in [-0.05, 0) is 22.8 Å². The Morgan fingerprint density at radius 2 is 2.22 bits per heavy atom. The molecule has 1 heterocycles. The maximum atomic E-state index is 10.8. The molecule has 8 heteroatoms. The molecule has 0 saturated heterocycles. The molecular weight excluding hydrogens is 238 g/mol. The van der Waals surface area contributed by atoms with Crippen molar-refractivity contribution in [3.8, 4) is 0 Å². The molecule has 0 aliphatic rings. The standard InChI is InChI=1S/C10H13N5O3/c1-2-6(11)5-12-7-3-4-8(15(16)17)10-9(7)13-18-14-10/h3-4,6,12H,2,5,11H2,1H3. The number of rotatable bonds is 5. The zero-order chi connectivity index (χ0) is 13.1. The third-order valence-electron chi connectivity index (χ3n) is 2.67. The van der Waals surface area contributed by atoms with Gasteiger partial charge < -0.3 is 11.1 Å². The van der Waals surface area contributed by atoms with Crippen molar-refractivity contribution in [2.24, 2.45) is 5.73 Å². The molecule has 2 rings (SSSR count). The van der Waals surface area contributed by atoms with E-state index in [4.69, 9.17) is 5.73 Å². The Balaban J connectivity index is 2.33. The van der Waals surface area contributed by atoms with Crippen molar-refractivity contribution in [2.45, 2.75) is 19.4 Å². The van der Waals surface area contributed by atoms with Gasteiger partial charge in [0.1, 0.15) is 0 Å². The van der Waals surface area contributed by atoms with Crippen LogP contribution in [0.15, 0.2) is 16.8 Å². The molecule has 0 saturated carbocycles. The molecule has 8 nitrogen and oxygen atoms in total. The van der Waals surface area contributed by atoms with Crippen LogP contribution in [-0.2, 0) is 0 Å². The maximum absolute atomic E-state index is 10.8. The van der Waals surface area contributed by atoms with Crippen LogP contribution in [0.2, 0.25) is 0 Å². The number of fused-ring (bicyclic) bond motifs is 1. The molecule has 0 aliphatic heterocycles. The minimum absolute atomic E-state index is 0.00935. The highest BCUT2D eigenvalue weighted by molar-refractivity contribution is 5.93. The molecule has 18 heavy (non-hydrogen) atoms. The Bertz CT molecular complexity index is 568. The first kappa shape index (κ1) is 12.2. The van der Waals surface area contributed by atoms with Gasteiger partial charge in [0.15, 0.2) is 5.52 Å². The Kier molecular flexibility index (Phi) is 3.38. The van der Waals surface area contributed by atoms with Gasteiger partial charge in [0.2, 0.25) is 5.52 Å². The predicted octanol–water partition coefficient (Wildman–Crippen LogP) is 1.28. The smallest absolute Gasteiger partial charge is 0.300 e. The summed E-state index contributed by atoms with van der Waals surface area (Å²) in [6.07, 6.45) is 0.834. The lowest BCUT2D eigenvalue weighted by Gasteiger charge is -2.11. The first-order valence-electron chi connectivity index (χ1n) is 5.52. The van der Waals surface area contributed by atoms with Gasteiger partial charge in [-0.1, -0.05) is 6.92 Å². The fraction of sp³-hybridized carbons (Fsp3) is 0.400. The Hall–Kier alpha value is -2.22. The van der Waals surface area contributed by atoms with Crippen molar-refractivity contribution in [2.75, 3.05) is 11.9 Å². The van der Waals surface area contributed by atoms with E-state index in [1.165, 1.54) is 6.07 Å². The molecular formula is C10H13N5O3. The van der Waals surface area contributed by atoms with Crippen LogP contribution in [0.3, 0.4) is 0 Å². The number of non-ortho nitro benzene ring substituents is 1. The van der Waals surface area contributed by atoms with Gasteiger partial charge >= 0.3 is 5.69 Å². The third kappa shape index (κ3) is 2.23. The second-order valence-electron chi connectivity index (χ2n) is 3.90. The fourth-order valence-electron chi connectivity index (χ4n) is 1.53. The van der Waals surface area contributed by atoms with Crippen LogP contribution < -0.4 is 11.1 Å². The van der Waals surface area contributed by atoms with Crippen LogP contribution in [0.1, 0.15) is 13.3 Å². The molecule has 96 valence electrons. The van der Waals surface area contributed by atoms with Crippen LogP contribution in [0.25, 0.3) is 11.0 Å². The summed E-state index contributed by atoms with van der Waals surface area (Å²) in [5.74, 6) is 0. The zero-order valence-corrected chi connectivity index (χ0v) is 9.79. The lowest BCUT2D eigenvalue weighted by atomic mass is 10.2. The van der Waals surface area contributed by atoms with E-state index < -0.39 is 4.92 Å². The summed E-state index contributed by atoms with van der Waals surface area (Å²) < 4.78 is 4.55. The van der Waals surface area contributed by atoms with E-state index in [0.29, 0.717) is 17.7 Å². The summed E-state index contributed by atoms with van der Waals surface area (Å²) >= 11 is 0. The normalized spacial score (nSPS) is 12.6. The van der Waals surface area contributed by atoms with Crippen LogP contribution in [0, 0.1) is 10.1 Å². The Morgan fingerprint density at radius 1 is 1.50 bits per heavy atom. The molecule has 1 unspecified atom stereocenters. The Labute approximate surface area is 102 Å². The first-order chi connectivity index (χ1) is 8.63. The highest BCUT2D eigenvalue weighted by atomic mass is 16.6. The van der Waals surface area contributed by atoms with E-state index in [1.54, 1.807) is 6.07 Å². The van der Waals surface area contributed by atoms with Gasteiger partial charge in [-0.2, -0.15) is 0 Å². The van der Waals surface area contributed by atoms with E-state index in [-0.39, 0.29) is 17.2 Å². The molecule has 1 atom stereocenters. The lowest BCUT2D eigenvalue weighted by molar-refractivity contribution is -0.383. The van der Waals surface area contributed by atoms with Crippen molar-refractivity contribution in [3.05, 3.63) is 22.2 Å². The van der Waals surface area contributed by atoms with Crippen LogP contribution in [0.4, 0.5) is 11.4 Å². The molecule has 0 radical (unpaired) electrons. The number of nitrogens with one attached hydrogen (secondary N) is 1. The van der Waals surface area contributed by atoms with Gasteiger partial charge in [0.05, 0.1) is 10.6 Å². The molecule has 2 aromatic rings. The number of hydrogen-bond acceptors (Lipinski definition) is 7. The zero-order valence-electron chi connectivity index (χ0n) is 9.79. The minimum Gasteiger partial charge on any atom is -0.382 e. The molecule has 1 aromatic heterocycles. The van der Waals surface area contributed by atoms with Gasteiger partial charge in [0.25, 0.3) is 0 Å². The van der Waals surface area contributed by atoms with Gasteiger partial charge in [-0.15, -0.1) is 0 Å². The highest BCUT2D eigenvalue weighted by Gasteiger charge is 2.19. The van der Waals surface area contributed by atoms with E-state index in [2.05, 4.69) is 20.3 Å². The van der Waals surface area contributed by atoms with Crippen molar-refractivity contribution < 1.29 is 9.55 Å². The molecule has 3 N–H and O–H groups in total. The second-order valence-corrected chi connectivity index (χ2v) is 3.90. The summed E-state index contributed by atoms with van der Waals surface area (Å²) in [5, 5.41) is 21.1. The molecule has 0 amide bonds. The fourth-order valence-corrected chi connectivity index (χ4v) is 1.53. The van der Waals surface area contributed by atoms with Gasteiger partial charge in [-0.3, -0.25) is 10.1 Å². The van der Waals surface area contributed by atoms with E-state index >= 15 is 0 Å². The van der Waals surface area contributed by atoms with E-state index in [9.17, 15) is 10.1 Å². The van der Waals surface area contributed by atoms with Crippen molar-refractivity contribution >= 4 is 22.4 Å². The predicted molar refractivity (Wildman–Crippen MR) is 65.2 cm³/mol. The van der Waals surface area contributed by atoms with Crippen LogP contribution in [0.5, 0.6) is 0 Å². The van der Waals surface area contributed by atoms with Crippen molar-refractivity contribution in [3.63, 3.8) is 0 Å². The van der Waals surface area contributed by atoms with Crippen LogP contribution >= 0.6 is 0 Å². The molecule has 0 fully saturated rings. The largest absolute Gasteiger partial charge is 0.382 e. The number of benzene rings is 1. The number of aromatic nitrogens is 2. The highest BCUT2D eigenvalue weighted by Crippen LogP contribution is 2.28. The third-order valence-corrected chi connectivity index (χ3v) is 2.67. The number of nitro groups is 1. The molecule has 0 bridgehead atoms. The number of anilines is 1. The van der Waals surface area contributed by atoms with E-state index in [0.717, 1.165) is 6.42 Å². The quantitative estimate of drug-likeness (QED) is 0.606. The molecule has 0 spiro atoms. The van der Waals surface area contributed by atoms with Crippen molar-refractivity contribution in [1.29, 1.82) is 0 Å². The van der Waals surface area contributed by atoms with E-state index in [1.807, 2.05) is 6.92 Å². The summed E-state index contributed by atoms with van der Waals surface area (Å²) in [5.41, 5.74) is 6.76. The van der Waals surface area contributed by atoms with Crippen molar-refractivity contribution in [1.82, 2.24) is 10.3 Å². The number of nitrogens with zero attached hydrogens (tertiary/aromatic N) is 3. The minimum atomic E-state index is -0.520. The monoisotopic (exact) mass is 251 g/mol. The first-order valence-corrected chi connectivity index (χ1v) is 5.52. The maximum Gasteiger partial charge on any atom is 0.300 e. The summed E-state index contributed by atoms with van der Waals surface area (Å²) in [7, 11) is 0. The average Bonchev–Trinajstić information content (AvgIpc) is 2.84. The summed E-state index contributed by atoms with van der Waals surface area (Å²) in [6.45, 7) is 2.53. The topological polar surface area (TPSA) is 120 Å². The van der Waals surface area contributed by atoms with Gasteiger partial charge in [0, 0.05) is 18.7 Å². The Morgan fingerprint density at radius 3 is 2.89 bits per heavy atom. The van der Waals surface area contributed by atoms with Gasteiger partial charge in [-0.25, -0.2) is 4.63 Å². The SMILES string of the molecule is CCC(N)CNc1ccc([N+](=O)[O-])c2nonc12. The number of nitrogens with two attached hydrogens (primary N) is 1. The average molecular weight is 251 g/mol. The summed E-state index contributed by atoms with van der Waals surface area (Å²) in [4.78, 5) is 10.3. The summed E-state index contributed by atoms with van der Waals surface area (Å²) in [6, 6.07) is 2.95. The molecule has 0 aliphatic carbocycles. The molecule has 1 aromatic carbocycles.